The second-order valence-corrected chi connectivity index (χ2v) is 5.41. The van der Waals surface area contributed by atoms with Gasteiger partial charge in [0.05, 0.1) is 6.33 Å². The van der Waals surface area contributed by atoms with Crippen molar-refractivity contribution in [1.82, 2.24) is 20.2 Å². The van der Waals surface area contributed by atoms with Crippen molar-refractivity contribution in [3.05, 3.63) is 18.2 Å². The molecule has 122 valence electrons. The van der Waals surface area contributed by atoms with E-state index in [2.05, 4.69) is 20.2 Å². The number of rotatable bonds is 14. The zero-order chi connectivity index (χ0) is 15.2. The Balaban J connectivity index is 2.03. The number of nitrogens with two attached hydrogens (primary N) is 2. The van der Waals surface area contributed by atoms with E-state index in [0.717, 1.165) is 65.1 Å². The summed E-state index contributed by atoms with van der Waals surface area (Å²) in [4.78, 5) is 9.64. The quantitative estimate of drug-likeness (QED) is 0.371. The topological polar surface area (TPSA) is 96.0 Å². The molecule has 6 heteroatoms. The van der Waals surface area contributed by atoms with E-state index < -0.39 is 0 Å². The number of aryl methyl sites for hydroxylation is 1. The summed E-state index contributed by atoms with van der Waals surface area (Å²) in [5.41, 5.74) is 12.4. The standard InChI is InChI=1S/C15H32N6/c16-6-1-2-8-18-9-4-11-21(12-7-17)10-3-5-15-13-19-14-20-15/h13-14,18H,1-12,16-17H2,(H,19,20). The minimum absolute atomic E-state index is 0.730. The highest BCUT2D eigenvalue weighted by atomic mass is 15.1. The number of nitrogens with one attached hydrogen (secondary N) is 2. The van der Waals surface area contributed by atoms with Crippen LogP contribution in [-0.2, 0) is 6.42 Å². The lowest BCUT2D eigenvalue weighted by atomic mass is 10.2. The van der Waals surface area contributed by atoms with Crippen LogP contribution in [0, 0.1) is 0 Å². The van der Waals surface area contributed by atoms with Crippen LogP contribution in [-0.4, -0.2) is 60.7 Å². The molecule has 0 spiro atoms. The molecule has 6 N–H and O–H groups in total. The average Bonchev–Trinajstić information content (AvgIpc) is 2.99. The molecule has 0 aromatic carbocycles. The van der Waals surface area contributed by atoms with Crippen LogP contribution in [0.3, 0.4) is 0 Å². The van der Waals surface area contributed by atoms with Gasteiger partial charge >= 0.3 is 0 Å². The molecular formula is C15H32N6. The predicted octanol–water partition coefficient (Wildman–Crippen LogP) is 0.322. The molecule has 1 aromatic heterocycles. The van der Waals surface area contributed by atoms with E-state index in [1.807, 2.05) is 6.20 Å². The maximum absolute atomic E-state index is 5.70. The highest BCUT2D eigenvalue weighted by Crippen LogP contribution is 2.00. The first-order valence-corrected chi connectivity index (χ1v) is 8.17. The number of H-pyrrole nitrogens is 1. The van der Waals surface area contributed by atoms with E-state index in [1.54, 1.807) is 6.33 Å². The summed E-state index contributed by atoms with van der Waals surface area (Å²) in [7, 11) is 0. The Morgan fingerprint density at radius 3 is 2.52 bits per heavy atom. The van der Waals surface area contributed by atoms with Crippen molar-refractivity contribution in [3.8, 4) is 0 Å². The Bertz CT molecular complexity index is 314. The molecule has 0 saturated carbocycles. The van der Waals surface area contributed by atoms with Crippen LogP contribution in [0.4, 0.5) is 0 Å². The SMILES string of the molecule is NCCCCNCCCN(CCN)CCCc1cnc[nH]1. The van der Waals surface area contributed by atoms with Gasteiger partial charge in [0.25, 0.3) is 0 Å². The molecule has 6 nitrogen and oxygen atoms in total. The van der Waals surface area contributed by atoms with Gasteiger partial charge in [-0.1, -0.05) is 0 Å². The third kappa shape index (κ3) is 9.57. The zero-order valence-electron chi connectivity index (χ0n) is 13.2. The minimum Gasteiger partial charge on any atom is -0.348 e. The molecule has 0 aliphatic rings. The molecule has 0 atom stereocenters. The van der Waals surface area contributed by atoms with Crippen molar-refractivity contribution in [2.75, 3.05) is 45.8 Å². The highest BCUT2D eigenvalue weighted by molar-refractivity contribution is 4.93. The van der Waals surface area contributed by atoms with E-state index in [0.29, 0.717) is 0 Å². The predicted molar refractivity (Wildman–Crippen MR) is 88.2 cm³/mol. The number of nitrogens with zero attached hydrogens (tertiary/aromatic N) is 2. The normalized spacial score (nSPS) is 11.4. The molecule has 0 bridgehead atoms. The third-order valence-electron chi connectivity index (χ3n) is 3.56. The molecule has 0 unspecified atom stereocenters. The maximum Gasteiger partial charge on any atom is 0.0921 e. The molecule has 1 aromatic rings. The summed E-state index contributed by atoms with van der Waals surface area (Å²) in [6.07, 6.45) is 9.30. The molecule has 0 amide bonds. The first-order chi connectivity index (χ1) is 10.4. The second-order valence-electron chi connectivity index (χ2n) is 5.41. The van der Waals surface area contributed by atoms with E-state index in [-0.39, 0.29) is 0 Å². The van der Waals surface area contributed by atoms with Crippen LogP contribution in [0.2, 0.25) is 0 Å². The summed E-state index contributed by atoms with van der Waals surface area (Å²) < 4.78 is 0. The van der Waals surface area contributed by atoms with Gasteiger partial charge in [-0.3, -0.25) is 0 Å². The third-order valence-corrected chi connectivity index (χ3v) is 3.56. The van der Waals surface area contributed by atoms with Crippen LogP contribution >= 0.6 is 0 Å². The molecule has 1 rings (SSSR count). The van der Waals surface area contributed by atoms with Crippen molar-refractivity contribution in [1.29, 1.82) is 0 Å². The van der Waals surface area contributed by atoms with Crippen molar-refractivity contribution in [2.24, 2.45) is 11.5 Å². The smallest absolute Gasteiger partial charge is 0.0921 e. The highest BCUT2D eigenvalue weighted by Gasteiger charge is 2.04. The van der Waals surface area contributed by atoms with Crippen LogP contribution in [0.25, 0.3) is 0 Å². The van der Waals surface area contributed by atoms with Crippen LogP contribution in [0.15, 0.2) is 12.5 Å². The van der Waals surface area contributed by atoms with Crippen LogP contribution in [0.1, 0.15) is 31.4 Å². The van der Waals surface area contributed by atoms with Crippen molar-refractivity contribution in [3.63, 3.8) is 0 Å². The lowest BCUT2D eigenvalue weighted by Gasteiger charge is -2.21. The van der Waals surface area contributed by atoms with Gasteiger partial charge in [0.2, 0.25) is 0 Å². The van der Waals surface area contributed by atoms with Gasteiger partial charge < -0.3 is 26.7 Å². The lowest BCUT2D eigenvalue weighted by Crippen LogP contribution is -2.33. The Morgan fingerprint density at radius 2 is 1.81 bits per heavy atom. The van der Waals surface area contributed by atoms with Gasteiger partial charge in [-0.25, -0.2) is 4.98 Å². The summed E-state index contributed by atoms with van der Waals surface area (Å²) >= 11 is 0. The first-order valence-electron chi connectivity index (χ1n) is 8.17. The summed E-state index contributed by atoms with van der Waals surface area (Å²) in [5.74, 6) is 0. The fourth-order valence-corrected chi connectivity index (χ4v) is 2.38. The van der Waals surface area contributed by atoms with Crippen LogP contribution < -0.4 is 16.8 Å². The minimum atomic E-state index is 0.730. The number of unbranched alkanes of at least 4 members (excludes halogenated alkanes) is 1. The molecule has 0 aliphatic heterocycles. The number of hydrogen-bond acceptors (Lipinski definition) is 5. The number of aromatic nitrogens is 2. The first kappa shape index (κ1) is 18.1. The number of aromatic amines is 1. The molecular weight excluding hydrogens is 264 g/mol. The summed E-state index contributed by atoms with van der Waals surface area (Å²) in [6, 6.07) is 0. The van der Waals surface area contributed by atoms with Gasteiger partial charge in [-0.2, -0.15) is 0 Å². The van der Waals surface area contributed by atoms with E-state index in [4.69, 9.17) is 11.5 Å². The van der Waals surface area contributed by atoms with Crippen molar-refractivity contribution in [2.45, 2.75) is 32.1 Å². The van der Waals surface area contributed by atoms with Crippen molar-refractivity contribution < 1.29 is 0 Å². The fourth-order valence-electron chi connectivity index (χ4n) is 2.38. The van der Waals surface area contributed by atoms with E-state index in [9.17, 15) is 0 Å². The summed E-state index contributed by atoms with van der Waals surface area (Å²) in [6.45, 7) is 6.87. The second kappa shape index (κ2) is 12.8. The Kier molecular flexibility index (Phi) is 11.0. The molecule has 0 fully saturated rings. The lowest BCUT2D eigenvalue weighted by molar-refractivity contribution is 0.272. The van der Waals surface area contributed by atoms with E-state index in [1.165, 1.54) is 18.5 Å². The van der Waals surface area contributed by atoms with Gasteiger partial charge in [-0.05, 0) is 64.8 Å². The molecule has 0 saturated heterocycles. The number of imidazole rings is 1. The summed E-state index contributed by atoms with van der Waals surface area (Å²) in [5, 5.41) is 3.47. The Morgan fingerprint density at radius 1 is 1.00 bits per heavy atom. The number of hydrogen-bond donors (Lipinski definition) is 4. The molecule has 0 radical (unpaired) electrons. The van der Waals surface area contributed by atoms with Crippen LogP contribution in [0.5, 0.6) is 0 Å². The van der Waals surface area contributed by atoms with Gasteiger partial charge in [0, 0.05) is 25.0 Å². The molecule has 21 heavy (non-hydrogen) atoms. The average molecular weight is 296 g/mol. The fraction of sp³-hybridized carbons (Fsp3) is 0.800. The molecule has 0 aliphatic carbocycles. The Hall–Kier alpha value is -0.950. The largest absolute Gasteiger partial charge is 0.348 e. The molecule has 1 heterocycles. The monoisotopic (exact) mass is 296 g/mol. The van der Waals surface area contributed by atoms with Gasteiger partial charge in [0.15, 0.2) is 0 Å². The van der Waals surface area contributed by atoms with Crippen molar-refractivity contribution >= 4 is 0 Å². The zero-order valence-corrected chi connectivity index (χ0v) is 13.2. The Labute approximate surface area is 128 Å². The van der Waals surface area contributed by atoms with E-state index >= 15 is 0 Å². The van der Waals surface area contributed by atoms with Gasteiger partial charge in [-0.15, -0.1) is 0 Å². The maximum atomic E-state index is 5.70. The van der Waals surface area contributed by atoms with Gasteiger partial charge in [0.1, 0.15) is 0 Å².